The molecule has 1 spiro atoms. The normalized spacial score (nSPS) is 31.5. The number of aliphatic hydroxyl groups is 1. The van der Waals surface area contributed by atoms with Gasteiger partial charge in [-0.3, -0.25) is 14.4 Å². The number of anilines is 1. The molecule has 7 nitrogen and oxygen atoms in total. The van der Waals surface area contributed by atoms with Crippen molar-refractivity contribution in [1.82, 2.24) is 4.90 Å². The summed E-state index contributed by atoms with van der Waals surface area (Å²) in [5, 5.41) is 9.74. The van der Waals surface area contributed by atoms with Gasteiger partial charge in [0.2, 0.25) is 5.91 Å². The van der Waals surface area contributed by atoms with Gasteiger partial charge in [0.15, 0.2) is 0 Å². The number of esters is 1. The minimum atomic E-state index is -0.803. The molecule has 10 heteroatoms. The van der Waals surface area contributed by atoms with Gasteiger partial charge >= 0.3 is 5.97 Å². The van der Waals surface area contributed by atoms with Crippen LogP contribution in [0, 0.1) is 11.8 Å². The van der Waals surface area contributed by atoms with Crippen LogP contribution in [0.4, 0.5) is 5.69 Å². The second-order valence-electron chi connectivity index (χ2n) is 8.71. The average Bonchev–Trinajstić information content (AvgIpc) is 3.40. The molecule has 1 N–H and O–H groups in total. The van der Waals surface area contributed by atoms with E-state index in [2.05, 4.69) is 22.5 Å². The number of hydrogen-bond donors (Lipinski definition) is 1. The molecule has 3 saturated heterocycles. The summed E-state index contributed by atoms with van der Waals surface area (Å²) in [6.45, 7) is 6.10. The zero-order valence-electron chi connectivity index (χ0n) is 18.9. The molecule has 1 aromatic carbocycles. The summed E-state index contributed by atoms with van der Waals surface area (Å²) in [7, 11) is 0. The number of hydrogen-bond acceptors (Lipinski definition) is 6. The number of amides is 2. The molecule has 0 radical (unpaired) electrons. The Morgan fingerprint density at radius 2 is 2.18 bits per heavy atom. The van der Waals surface area contributed by atoms with Crippen LogP contribution in [0.25, 0.3) is 0 Å². The Bertz CT molecular complexity index is 996. The number of fused-ring (bicyclic) bond motifs is 1. The molecule has 3 heterocycles. The molecule has 0 aromatic heterocycles. The Balaban J connectivity index is 1.80. The maximum atomic E-state index is 14.3. The van der Waals surface area contributed by atoms with Gasteiger partial charge in [0.25, 0.3) is 5.91 Å². The molecule has 3 unspecified atom stereocenters. The fourth-order valence-electron chi connectivity index (χ4n) is 5.65. The van der Waals surface area contributed by atoms with Crippen LogP contribution >= 0.6 is 39.3 Å². The van der Waals surface area contributed by atoms with Crippen LogP contribution in [0.1, 0.15) is 19.8 Å². The molecule has 3 aliphatic heterocycles. The van der Waals surface area contributed by atoms with Crippen LogP contribution in [0.5, 0.6) is 0 Å². The number of carbonyl (C=O) groups excluding carboxylic acids is 3. The Morgan fingerprint density at radius 1 is 1.44 bits per heavy atom. The molecule has 34 heavy (non-hydrogen) atoms. The Kier molecular flexibility index (Phi) is 7.67. The van der Waals surface area contributed by atoms with Crippen LogP contribution in [0.3, 0.4) is 0 Å². The smallest absolute Gasteiger partial charge is 0.310 e. The van der Waals surface area contributed by atoms with E-state index in [1.54, 1.807) is 58.8 Å². The van der Waals surface area contributed by atoms with E-state index in [4.69, 9.17) is 16.3 Å². The van der Waals surface area contributed by atoms with E-state index in [1.165, 1.54) is 0 Å². The van der Waals surface area contributed by atoms with Gasteiger partial charge in [0, 0.05) is 29.8 Å². The molecule has 4 rings (SSSR count). The van der Waals surface area contributed by atoms with Crippen molar-refractivity contribution < 1.29 is 24.2 Å². The van der Waals surface area contributed by atoms with E-state index < -0.39 is 28.6 Å². The summed E-state index contributed by atoms with van der Waals surface area (Å²) in [6.07, 6.45) is 2.53. The van der Waals surface area contributed by atoms with Crippen molar-refractivity contribution in [1.29, 1.82) is 0 Å². The molecule has 2 bridgehead atoms. The number of rotatable bonds is 9. The lowest BCUT2D eigenvalue weighted by atomic mass is 9.71. The minimum absolute atomic E-state index is 0.0304. The van der Waals surface area contributed by atoms with Crippen molar-refractivity contribution in [3.63, 3.8) is 0 Å². The number of para-hydroxylation sites is 1. The first-order chi connectivity index (χ1) is 16.3. The Hall–Kier alpha value is -1.55. The van der Waals surface area contributed by atoms with Crippen LogP contribution < -0.4 is 4.90 Å². The van der Waals surface area contributed by atoms with E-state index in [1.807, 2.05) is 0 Å². The summed E-state index contributed by atoms with van der Waals surface area (Å²) in [4.78, 5) is 44.1. The summed E-state index contributed by atoms with van der Waals surface area (Å²) in [5.41, 5.74) is 0.540. The molecular weight excluding hydrogens is 544 g/mol. The zero-order chi connectivity index (χ0) is 24.6. The van der Waals surface area contributed by atoms with Crippen LogP contribution in [0.15, 0.2) is 36.9 Å². The van der Waals surface area contributed by atoms with Gasteiger partial charge in [-0.1, -0.05) is 45.7 Å². The molecular formula is C24H28BrClN2O5S. The van der Waals surface area contributed by atoms with Gasteiger partial charge in [-0.15, -0.1) is 18.3 Å². The average molecular weight is 572 g/mol. The lowest BCUT2D eigenvalue weighted by molar-refractivity contribution is -0.153. The van der Waals surface area contributed by atoms with Gasteiger partial charge in [0.1, 0.15) is 6.04 Å². The van der Waals surface area contributed by atoms with Crippen LogP contribution in [0.2, 0.25) is 5.02 Å². The van der Waals surface area contributed by atoms with Gasteiger partial charge < -0.3 is 19.6 Å². The number of benzene rings is 1. The van der Waals surface area contributed by atoms with Crippen molar-refractivity contribution in [2.45, 2.75) is 40.6 Å². The van der Waals surface area contributed by atoms with E-state index in [-0.39, 0.29) is 48.2 Å². The van der Waals surface area contributed by atoms with Crippen molar-refractivity contribution in [3.8, 4) is 0 Å². The third kappa shape index (κ3) is 3.98. The third-order valence-corrected chi connectivity index (χ3v) is 10.4. The maximum absolute atomic E-state index is 14.3. The van der Waals surface area contributed by atoms with E-state index in [9.17, 15) is 19.5 Å². The highest BCUT2D eigenvalue weighted by molar-refractivity contribution is 9.09. The van der Waals surface area contributed by atoms with Gasteiger partial charge in [-0.25, -0.2) is 0 Å². The summed E-state index contributed by atoms with van der Waals surface area (Å²) in [6, 6.07) is 6.27. The number of halogens is 2. The molecule has 6 atom stereocenters. The number of ether oxygens (including phenoxy) is 1. The van der Waals surface area contributed by atoms with Gasteiger partial charge in [0.05, 0.1) is 33.9 Å². The number of alkyl halides is 1. The van der Waals surface area contributed by atoms with E-state index in [0.717, 1.165) is 0 Å². The molecule has 0 saturated carbocycles. The first-order valence-corrected chi connectivity index (χ1v) is 13.6. The maximum Gasteiger partial charge on any atom is 0.310 e. The van der Waals surface area contributed by atoms with Gasteiger partial charge in [-0.05, 0) is 31.9 Å². The van der Waals surface area contributed by atoms with Crippen molar-refractivity contribution >= 4 is 62.8 Å². The lowest BCUT2D eigenvalue weighted by Gasteiger charge is -2.38. The lowest BCUT2D eigenvalue weighted by Crippen LogP contribution is -2.55. The fraction of sp³-hybridized carbons (Fsp3) is 0.542. The third-order valence-electron chi connectivity index (χ3n) is 6.86. The molecule has 2 amide bonds. The topological polar surface area (TPSA) is 87.2 Å². The number of thioether (sulfide) groups is 1. The number of likely N-dealkylation sites (tertiary alicyclic amines) is 1. The SMILES string of the molecule is C=CCN(C(=O)C1N(CCCO)C(=O)[C@@H]2[C@@H](C(=O)OCC)[C@@H]3SC12CC3Br)c1ccccc1Cl. The molecule has 1 aromatic rings. The number of nitrogens with zero attached hydrogens (tertiary/aromatic N) is 2. The standard InChI is InChI=1S/C24H28BrClN2O5S/c1-3-10-27(16-9-6-5-8-15(16)26)22(31)20-24-13-14(25)19(34-24)17(23(32)33-4-2)18(24)21(30)28(20)11-7-12-29/h3,5-6,8-9,14,17-20,29H,1,4,7,10-13H2,2H3/t14?,17-,18+,19-,20?,24?/m1/s1. The van der Waals surface area contributed by atoms with E-state index in [0.29, 0.717) is 23.6 Å². The highest BCUT2D eigenvalue weighted by atomic mass is 79.9. The minimum Gasteiger partial charge on any atom is -0.466 e. The van der Waals surface area contributed by atoms with Crippen molar-refractivity contribution in [2.75, 3.05) is 31.2 Å². The summed E-state index contributed by atoms with van der Waals surface area (Å²) < 4.78 is 4.58. The van der Waals surface area contributed by atoms with Gasteiger partial charge in [-0.2, -0.15) is 0 Å². The quantitative estimate of drug-likeness (QED) is 0.278. The molecule has 3 aliphatic rings. The van der Waals surface area contributed by atoms with Crippen molar-refractivity contribution in [3.05, 3.63) is 41.9 Å². The number of carbonyl (C=O) groups is 3. The molecule has 3 fully saturated rings. The predicted molar refractivity (Wildman–Crippen MR) is 136 cm³/mol. The molecule has 184 valence electrons. The number of aliphatic hydroxyl groups excluding tert-OH is 1. The first-order valence-electron chi connectivity index (χ1n) is 11.4. The van der Waals surface area contributed by atoms with Crippen LogP contribution in [-0.4, -0.2) is 75.0 Å². The second kappa shape index (κ2) is 10.2. The largest absolute Gasteiger partial charge is 0.466 e. The summed E-state index contributed by atoms with van der Waals surface area (Å²) >= 11 is 11.7. The zero-order valence-corrected chi connectivity index (χ0v) is 22.0. The van der Waals surface area contributed by atoms with Crippen LogP contribution in [-0.2, 0) is 19.1 Å². The predicted octanol–water partition coefficient (Wildman–Crippen LogP) is 3.27. The molecule has 0 aliphatic carbocycles. The Morgan fingerprint density at radius 3 is 2.82 bits per heavy atom. The first kappa shape index (κ1) is 25.5. The Labute approximate surface area is 216 Å². The monoisotopic (exact) mass is 570 g/mol. The highest BCUT2D eigenvalue weighted by Gasteiger charge is 2.76. The summed E-state index contributed by atoms with van der Waals surface area (Å²) in [5.74, 6) is -2.16. The van der Waals surface area contributed by atoms with Crippen molar-refractivity contribution in [2.24, 2.45) is 11.8 Å². The second-order valence-corrected chi connectivity index (χ2v) is 11.8. The fourth-order valence-corrected chi connectivity index (χ4v) is 9.49. The van der Waals surface area contributed by atoms with E-state index >= 15 is 0 Å². The highest BCUT2D eigenvalue weighted by Crippen LogP contribution is 2.68.